The Labute approximate surface area is 140 Å². The van der Waals surface area contributed by atoms with Gasteiger partial charge in [-0.3, -0.25) is 4.90 Å². The Balaban J connectivity index is 2.11. The maximum atomic E-state index is 12.8. The second-order valence-corrected chi connectivity index (χ2v) is 5.60. The van der Waals surface area contributed by atoms with E-state index in [2.05, 4.69) is 4.74 Å². The standard InChI is InChI=1S/C15H17F5N2O3/c16-13(17)25-9-11-7-12(15(18,19)20)2-1-10(11)8-21-3-5-22(6-4-21)14(23)24/h1-2,7,13H,3-6,8-9H2,(H,23,24). The fourth-order valence-corrected chi connectivity index (χ4v) is 2.58. The third-order valence-corrected chi connectivity index (χ3v) is 3.94. The molecule has 1 aliphatic heterocycles. The Morgan fingerprint density at radius 2 is 1.80 bits per heavy atom. The van der Waals surface area contributed by atoms with Gasteiger partial charge < -0.3 is 14.7 Å². The molecule has 0 unspecified atom stereocenters. The van der Waals surface area contributed by atoms with E-state index in [1.54, 1.807) is 0 Å². The van der Waals surface area contributed by atoms with E-state index in [4.69, 9.17) is 5.11 Å². The van der Waals surface area contributed by atoms with Crippen LogP contribution in [0.25, 0.3) is 0 Å². The lowest BCUT2D eigenvalue weighted by atomic mass is 10.0. The molecule has 1 aromatic carbocycles. The van der Waals surface area contributed by atoms with Crippen molar-refractivity contribution in [2.24, 2.45) is 0 Å². The number of hydrogen-bond donors (Lipinski definition) is 1. The van der Waals surface area contributed by atoms with Gasteiger partial charge in [0.1, 0.15) is 0 Å². The minimum Gasteiger partial charge on any atom is -0.465 e. The van der Waals surface area contributed by atoms with Gasteiger partial charge in [-0.15, -0.1) is 0 Å². The summed E-state index contributed by atoms with van der Waals surface area (Å²) in [5, 5.41) is 8.90. The van der Waals surface area contributed by atoms with Crippen molar-refractivity contribution in [1.82, 2.24) is 9.80 Å². The SMILES string of the molecule is O=C(O)N1CCN(Cc2ccc(C(F)(F)F)cc2COC(F)F)CC1. The first-order valence-corrected chi connectivity index (χ1v) is 7.46. The van der Waals surface area contributed by atoms with Gasteiger partial charge in [0.2, 0.25) is 0 Å². The van der Waals surface area contributed by atoms with Crippen LogP contribution in [-0.4, -0.2) is 53.8 Å². The van der Waals surface area contributed by atoms with Crippen molar-refractivity contribution < 1.29 is 36.6 Å². The van der Waals surface area contributed by atoms with E-state index >= 15 is 0 Å². The quantitative estimate of drug-likeness (QED) is 0.811. The number of carbonyl (C=O) groups is 1. The predicted molar refractivity (Wildman–Crippen MR) is 77.1 cm³/mol. The lowest BCUT2D eigenvalue weighted by Crippen LogP contribution is -2.47. The van der Waals surface area contributed by atoms with Gasteiger partial charge in [-0.25, -0.2) is 4.79 Å². The van der Waals surface area contributed by atoms with Crippen LogP contribution in [0.2, 0.25) is 0 Å². The Bertz CT molecular complexity index is 601. The molecule has 140 valence electrons. The highest BCUT2D eigenvalue weighted by molar-refractivity contribution is 5.65. The maximum Gasteiger partial charge on any atom is 0.416 e. The molecule has 1 heterocycles. The van der Waals surface area contributed by atoms with E-state index < -0.39 is 31.1 Å². The number of carboxylic acid groups (broad SMARTS) is 1. The molecule has 1 aromatic rings. The topological polar surface area (TPSA) is 53.0 Å². The van der Waals surface area contributed by atoms with Gasteiger partial charge in [-0.1, -0.05) is 6.07 Å². The molecule has 2 rings (SSSR count). The minimum absolute atomic E-state index is 0.0378. The zero-order valence-electron chi connectivity index (χ0n) is 13.1. The van der Waals surface area contributed by atoms with Crippen molar-refractivity contribution in [3.63, 3.8) is 0 Å². The molecule has 1 amide bonds. The summed E-state index contributed by atoms with van der Waals surface area (Å²) in [7, 11) is 0. The number of ether oxygens (including phenoxy) is 1. The summed E-state index contributed by atoms with van der Waals surface area (Å²) in [6.07, 6.45) is -5.61. The van der Waals surface area contributed by atoms with Crippen LogP contribution in [-0.2, 0) is 24.1 Å². The number of piperazine rings is 1. The molecule has 0 bridgehead atoms. The van der Waals surface area contributed by atoms with E-state index in [9.17, 15) is 26.7 Å². The summed E-state index contributed by atoms with van der Waals surface area (Å²) >= 11 is 0. The largest absolute Gasteiger partial charge is 0.465 e. The second-order valence-electron chi connectivity index (χ2n) is 5.60. The zero-order valence-corrected chi connectivity index (χ0v) is 13.1. The molecule has 1 N–H and O–H groups in total. The highest BCUT2D eigenvalue weighted by Crippen LogP contribution is 2.31. The fourth-order valence-electron chi connectivity index (χ4n) is 2.58. The average Bonchev–Trinajstić information content (AvgIpc) is 2.53. The summed E-state index contributed by atoms with van der Waals surface area (Å²) in [6.45, 7) is -2.12. The molecule has 1 fully saturated rings. The average molecular weight is 368 g/mol. The molecule has 5 nitrogen and oxygen atoms in total. The molecule has 0 saturated carbocycles. The molecular formula is C15H17F5N2O3. The molecule has 0 radical (unpaired) electrons. The van der Waals surface area contributed by atoms with Crippen molar-refractivity contribution in [2.75, 3.05) is 26.2 Å². The molecule has 0 atom stereocenters. The number of hydrogen-bond acceptors (Lipinski definition) is 3. The molecular weight excluding hydrogens is 351 g/mol. The van der Waals surface area contributed by atoms with Crippen molar-refractivity contribution in [3.8, 4) is 0 Å². The molecule has 0 aliphatic carbocycles. The number of nitrogens with zero attached hydrogens (tertiary/aromatic N) is 2. The highest BCUT2D eigenvalue weighted by atomic mass is 19.4. The van der Waals surface area contributed by atoms with Crippen molar-refractivity contribution in [3.05, 3.63) is 34.9 Å². The van der Waals surface area contributed by atoms with Crippen LogP contribution in [0.4, 0.5) is 26.7 Å². The van der Waals surface area contributed by atoms with E-state index in [1.807, 2.05) is 4.90 Å². The van der Waals surface area contributed by atoms with Gasteiger partial charge in [-0.2, -0.15) is 22.0 Å². The van der Waals surface area contributed by atoms with E-state index in [0.717, 1.165) is 12.1 Å². The van der Waals surface area contributed by atoms with Gasteiger partial charge in [0.05, 0.1) is 12.2 Å². The van der Waals surface area contributed by atoms with Crippen molar-refractivity contribution in [1.29, 1.82) is 0 Å². The van der Waals surface area contributed by atoms with Crippen molar-refractivity contribution >= 4 is 6.09 Å². The van der Waals surface area contributed by atoms with Crippen LogP contribution in [0, 0.1) is 0 Å². The Morgan fingerprint density at radius 3 is 2.32 bits per heavy atom. The molecule has 1 aliphatic rings. The zero-order chi connectivity index (χ0) is 18.6. The summed E-state index contributed by atoms with van der Waals surface area (Å²) in [6, 6.07) is 2.95. The normalized spacial score (nSPS) is 16.5. The van der Waals surface area contributed by atoms with Crippen LogP contribution in [0.15, 0.2) is 18.2 Å². The smallest absolute Gasteiger partial charge is 0.416 e. The molecule has 1 saturated heterocycles. The maximum absolute atomic E-state index is 12.8. The Kier molecular flexibility index (Phi) is 6.17. The van der Waals surface area contributed by atoms with Gasteiger partial charge in [0.25, 0.3) is 0 Å². The highest BCUT2D eigenvalue weighted by Gasteiger charge is 2.31. The van der Waals surface area contributed by atoms with Crippen LogP contribution >= 0.6 is 0 Å². The number of alkyl halides is 5. The van der Waals surface area contributed by atoms with E-state index in [1.165, 1.54) is 11.0 Å². The predicted octanol–water partition coefficient (Wildman–Crippen LogP) is 3.24. The first-order chi connectivity index (χ1) is 11.7. The van der Waals surface area contributed by atoms with Crippen molar-refractivity contribution in [2.45, 2.75) is 25.9 Å². The Morgan fingerprint density at radius 1 is 1.16 bits per heavy atom. The number of rotatable bonds is 5. The van der Waals surface area contributed by atoms with E-state index in [0.29, 0.717) is 18.7 Å². The molecule has 10 heteroatoms. The van der Waals surface area contributed by atoms with Crippen LogP contribution in [0.5, 0.6) is 0 Å². The summed E-state index contributed by atoms with van der Waals surface area (Å²) in [5.74, 6) is 0. The monoisotopic (exact) mass is 368 g/mol. The summed E-state index contributed by atoms with van der Waals surface area (Å²) in [4.78, 5) is 14.0. The van der Waals surface area contributed by atoms with Crippen LogP contribution < -0.4 is 0 Å². The first kappa shape index (κ1) is 19.4. The van der Waals surface area contributed by atoms with Gasteiger partial charge >= 0.3 is 18.9 Å². The van der Waals surface area contributed by atoms with Gasteiger partial charge in [0.15, 0.2) is 0 Å². The number of amides is 1. The number of benzene rings is 1. The minimum atomic E-state index is -4.58. The number of halogens is 5. The lowest BCUT2D eigenvalue weighted by molar-refractivity contribution is -0.139. The molecule has 0 spiro atoms. The first-order valence-electron chi connectivity index (χ1n) is 7.46. The third kappa shape index (κ3) is 5.53. The second kappa shape index (κ2) is 7.96. The van der Waals surface area contributed by atoms with Crippen LogP contribution in [0.3, 0.4) is 0 Å². The summed E-state index contributed by atoms with van der Waals surface area (Å²) < 4.78 is 67.1. The molecule has 0 aromatic heterocycles. The third-order valence-electron chi connectivity index (χ3n) is 3.94. The van der Waals surface area contributed by atoms with Gasteiger partial charge in [-0.05, 0) is 23.3 Å². The van der Waals surface area contributed by atoms with E-state index in [-0.39, 0.29) is 25.2 Å². The fraction of sp³-hybridized carbons (Fsp3) is 0.533. The summed E-state index contributed by atoms with van der Waals surface area (Å²) in [5.41, 5.74) is -0.451. The molecule has 25 heavy (non-hydrogen) atoms. The van der Waals surface area contributed by atoms with Gasteiger partial charge in [0, 0.05) is 32.7 Å². The Hall–Kier alpha value is -1.94. The lowest BCUT2D eigenvalue weighted by Gasteiger charge is -2.33. The van der Waals surface area contributed by atoms with Crippen LogP contribution in [0.1, 0.15) is 16.7 Å².